The summed E-state index contributed by atoms with van der Waals surface area (Å²) in [5, 5.41) is 17.4. The summed E-state index contributed by atoms with van der Waals surface area (Å²) >= 11 is 1.43. The van der Waals surface area contributed by atoms with Gasteiger partial charge in [0, 0.05) is 10.9 Å². The average Bonchev–Trinajstić information content (AvgIpc) is 2.95. The highest BCUT2D eigenvalue weighted by Crippen LogP contribution is 2.23. The third-order valence-corrected chi connectivity index (χ3v) is 4.00. The molecule has 2 aromatic rings. The molecule has 3 N–H and O–H groups in total. The van der Waals surface area contributed by atoms with E-state index in [0.717, 1.165) is 12.0 Å². The maximum atomic E-state index is 12.0. The molecule has 0 spiro atoms. The molecule has 1 amide bonds. The van der Waals surface area contributed by atoms with Crippen molar-refractivity contribution in [1.82, 2.24) is 10.2 Å². The molecule has 0 bridgehead atoms. The number of aromatic amines is 1. The second-order valence-corrected chi connectivity index (χ2v) is 5.13. The summed E-state index contributed by atoms with van der Waals surface area (Å²) in [5.41, 5.74) is 1.03. The van der Waals surface area contributed by atoms with Crippen LogP contribution in [0.3, 0.4) is 0 Å². The van der Waals surface area contributed by atoms with Crippen LogP contribution in [0.1, 0.15) is 37.5 Å². The van der Waals surface area contributed by atoms with E-state index in [4.69, 9.17) is 5.11 Å². The van der Waals surface area contributed by atoms with Crippen LogP contribution < -0.4 is 5.32 Å². The van der Waals surface area contributed by atoms with Gasteiger partial charge in [-0.15, -0.1) is 11.3 Å². The van der Waals surface area contributed by atoms with E-state index in [1.165, 1.54) is 22.3 Å². The SMILES string of the molecule is CCc1sc(C(=O)Nc2cc(C(=O)O)[nH]n2)cc1C. The zero-order valence-corrected chi connectivity index (χ0v) is 11.3. The Morgan fingerprint density at radius 3 is 2.74 bits per heavy atom. The molecule has 2 heterocycles. The topological polar surface area (TPSA) is 95.1 Å². The van der Waals surface area contributed by atoms with Crippen molar-refractivity contribution in [2.75, 3.05) is 5.32 Å². The van der Waals surface area contributed by atoms with Gasteiger partial charge in [-0.1, -0.05) is 6.92 Å². The molecule has 7 heteroatoms. The summed E-state index contributed by atoms with van der Waals surface area (Å²) in [7, 11) is 0. The number of anilines is 1. The first-order valence-electron chi connectivity index (χ1n) is 5.70. The number of nitrogens with one attached hydrogen (secondary N) is 2. The number of aryl methyl sites for hydroxylation is 2. The fourth-order valence-corrected chi connectivity index (χ4v) is 2.67. The summed E-state index contributed by atoms with van der Waals surface area (Å²) in [6.07, 6.45) is 0.884. The molecule has 0 radical (unpaired) electrons. The summed E-state index contributed by atoms with van der Waals surface area (Å²) in [5.74, 6) is -1.20. The number of carbonyl (C=O) groups is 2. The smallest absolute Gasteiger partial charge is 0.353 e. The zero-order chi connectivity index (χ0) is 14.0. The van der Waals surface area contributed by atoms with Crippen LogP contribution in [0.25, 0.3) is 0 Å². The van der Waals surface area contributed by atoms with E-state index in [2.05, 4.69) is 15.5 Å². The van der Waals surface area contributed by atoms with Gasteiger partial charge in [0.15, 0.2) is 5.82 Å². The molecular weight excluding hydrogens is 266 g/mol. The highest BCUT2D eigenvalue weighted by molar-refractivity contribution is 7.14. The van der Waals surface area contributed by atoms with Crippen molar-refractivity contribution in [2.45, 2.75) is 20.3 Å². The second kappa shape index (κ2) is 5.23. The van der Waals surface area contributed by atoms with Crippen LogP contribution in [0.4, 0.5) is 5.82 Å². The molecule has 0 fully saturated rings. The van der Waals surface area contributed by atoms with E-state index < -0.39 is 5.97 Å². The van der Waals surface area contributed by atoms with Crippen LogP contribution in [0, 0.1) is 6.92 Å². The Labute approximate surface area is 113 Å². The van der Waals surface area contributed by atoms with Crippen LogP contribution in [-0.4, -0.2) is 27.2 Å². The van der Waals surface area contributed by atoms with E-state index in [1.54, 1.807) is 0 Å². The molecule has 0 saturated heterocycles. The number of carboxylic acids is 1. The van der Waals surface area contributed by atoms with Gasteiger partial charge in [-0.3, -0.25) is 9.89 Å². The normalized spacial score (nSPS) is 10.4. The molecule has 100 valence electrons. The van der Waals surface area contributed by atoms with Crippen molar-refractivity contribution < 1.29 is 14.7 Å². The van der Waals surface area contributed by atoms with E-state index in [-0.39, 0.29) is 17.4 Å². The van der Waals surface area contributed by atoms with Gasteiger partial charge >= 0.3 is 5.97 Å². The van der Waals surface area contributed by atoms with Crippen molar-refractivity contribution >= 4 is 29.0 Å². The Hall–Kier alpha value is -2.15. The first-order valence-corrected chi connectivity index (χ1v) is 6.52. The largest absolute Gasteiger partial charge is 0.477 e. The second-order valence-electron chi connectivity index (χ2n) is 4.00. The van der Waals surface area contributed by atoms with Gasteiger partial charge in [-0.2, -0.15) is 5.10 Å². The lowest BCUT2D eigenvalue weighted by Gasteiger charge is -1.97. The minimum atomic E-state index is -1.12. The van der Waals surface area contributed by atoms with Crippen LogP contribution in [-0.2, 0) is 6.42 Å². The lowest BCUT2D eigenvalue weighted by molar-refractivity contribution is 0.0690. The minimum absolute atomic E-state index is 0.0630. The summed E-state index contributed by atoms with van der Waals surface area (Å²) < 4.78 is 0. The molecule has 6 nitrogen and oxygen atoms in total. The lowest BCUT2D eigenvalue weighted by Crippen LogP contribution is -2.10. The molecule has 2 rings (SSSR count). The molecular formula is C12H13N3O3S. The van der Waals surface area contributed by atoms with Gasteiger partial charge in [-0.05, 0) is 25.0 Å². The molecule has 0 saturated carbocycles. The Morgan fingerprint density at radius 2 is 2.21 bits per heavy atom. The predicted molar refractivity (Wildman–Crippen MR) is 71.9 cm³/mol. The zero-order valence-electron chi connectivity index (χ0n) is 10.5. The Bertz CT molecular complexity index is 630. The Morgan fingerprint density at radius 1 is 1.47 bits per heavy atom. The van der Waals surface area contributed by atoms with Crippen molar-refractivity contribution in [2.24, 2.45) is 0 Å². The molecule has 0 unspecified atom stereocenters. The lowest BCUT2D eigenvalue weighted by atomic mass is 10.2. The van der Waals surface area contributed by atoms with Crippen LogP contribution >= 0.6 is 11.3 Å². The number of aromatic carboxylic acids is 1. The maximum Gasteiger partial charge on any atom is 0.353 e. The van der Waals surface area contributed by atoms with E-state index in [1.807, 2.05) is 19.9 Å². The fourth-order valence-electron chi connectivity index (χ4n) is 1.66. The summed E-state index contributed by atoms with van der Waals surface area (Å²) in [6, 6.07) is 3.10. The number of hydrogen-bond donors (Lipinski definition) is 3. The molecule has 19 heavy (non-hydrogen) atoms. The molecule has 0 aliphatic heterocycles. The van der Waals surface area contributed by atoms with Crippen molar-refractivity contribution in [3.05, 3.63) is 33.1 Å². The predicted octanol–water partition coefficient (Wildman–Crippen LogP) is 2.29. The van der Waals surface area contributed by atoms with Gasteiger partial charge < -0.3 is 10.4 Å². The molecule has 0 aliphatic carbocycles. The van der Waals surface area contributed by atoms with Gasteiger partial charge in [-0.25, -0.2) is 4.79 Å². The highest BCUT2D eigenvalue weighted by Gasteiger charge is 2.14. The highest BCUT2D eigenvalue weighted by atomic mass is 32.1. The van der Waals surface area contributed by atoms with Gasteiger partial charge in [0.25, 0.3) is 5.91 Å². The summed E-state index contributed by atoms with van der Waals surface area (Å²) in [6.45, 7) is 4.00. The average molecular weight is 279 g/mol. The monoisotopic (exact) mass is 279 g/mol. The number of aromatic nitrogens is 2. The molecule has 0 atom stereocenters. The molecule has 0 aromatic carbocycles. The number of amides is 1. The van der Waals surface area contributed by atoms with Crippen molar-refractivity contribution in [3.8, 4) is 0 Å². The fraction of sp³-hybridized carbons (Fsp3) is 0.250. The van der Waals surface area contributed by atoms with E-state index in [9.17, 15) is 9.59 Å². The summed E-state index contributed by atoms with van der Waals surface area (Å²) in [4.78, 5) is 24.4. The number of hydrogen-bond acceptors (Lipinski definition) is 4. The Balaban J connectivity index is 2.13. The quantitative estimate of drug-likeness (QED) is 0.800. The van der Waals surface area contributed by atoms with Crippen LogP contribution in [0.15, 0.2) is 12.1 Å². The maximum absolute atomic E-state index is 12.0. The van der Waals surface area contributed by atoms with Gasteiger partial charge in [0.05, 0.1) is 4.88 Å². The number of thiophene rings is 1. The number of rotatable bonds is 4. The van der Waals surface area contributed by atoms with Crippen LogP contribution in [0.2, 0.25) is 0 Å². The van der Waals surface area contributed by atoms with Crippen LogP contribution in [0.5, 0.6) is 0 Å². The Kier molecular flexibility index (Phi) is 3.66. The third kappa shape index (κ3) is 2.82. The minimum Gasteiger partial charge on any atom is -0.477 e. The number of H-pyrrole nitrogens is 1. The van der Waals surface area contributed by atoms with Gasteiger partial charge in [0.1, 0.15) is 5.69 Å². The third-order valence-electron chi connectivity index (χ3n) is 2.62. The number of carbonyl (C=O) groups excluding carboxylic acids is 1. The van der Waals surface area contributed by atoms with Crippen molar-refractivity contribution in [1.29, 1.82) is 0 Å². The van der Waals surface area contributed by atoms with Gasteiger partial charge in [0.2, 0.25) is 0 Å². The molecule has 2 aromatic heterocycles. The first kappa shape index (κ1) is 13.3. The number of nitrogens with zero attached hydrogens (tertiary/aromatic N) is 1. The van der Waals surface area contributed by atoms with E-state index in [0.29, 0.717) is 4.88 Å². The molecule has 0 aliphatic rings. The van der Waals surface area contributed by atoms with Crippen molar-refractivity contribution in [3.63, 3.8) is 0 Å². The number of carboxylic acid groups (broad SMARTS) is 1. The standard InChI is InChI=1S/C12H13N3O3S/c1-3-8-6(2)4-9(19-8)11(16)13-10-5-7(12(17)18)14-15-10/h4-5H,3H2,1-2H3,(H,17,18)(H2,13,14,15,16). The first-order chi connectivity index (χ1) is 9.01. The van der Waals surface area contributed by atoms with E-state index >= 15 is 0 Å².